The van der Waals surface area contributed by atoms with Crippen molar-refractivity contribution in [1.29, 1.82) is 0 Å². The molecule has 6 heteroatoms. The van der Waals surface area contributed by atoms with E-state index in [2.05, 4.69) is 15.1 Å². The summed E-state index contributed by atoms with van der Waals surface area (Å²) in [6.45, 7) is 2.74. The van der Waals surface area contributed by atoms with Gasteiger partial charge >= 0.3 is 0 Å². The normalized spacial score (nSPS) is 21.0. The predicted molar refractivity (Wildman–Crippen MR) is 65.2 cm³/mol. The van der Waals surface area contributed by atoms with Crippen molar-refractivity contribution in [2.24, 2.45) is 13.0 Å². The number of aromatic nitrogens is 3. The number of nitrogens with one attached hydrogen (secondary N) is 1. The molecule has 1 fully saturated rings. The van der Waals surface area contributed by atoms with Gasteiger partial charge < -0.3 is 9.64 Å². The number of hydrogen-bond acceptors (Lipinski definition) is 4. The lowest BCUT2D eigenvalue weighted by atomic mass is 10.0. The summed E-state index contributed by atoms with van der Waals surface area (Å²) in [5.74, 6) is 1.49. The van der Waals surface area contributed by atoms with Crippen LogP contribution in [0.25, 0.3) is 0 Å². The second-order valence-corrected chi connectivity index (χ2v) is 4.74. The molecule has 0 aliphatic carbocycles. The second-order valence-electron chi connectivity index (χ2n) is 4.35. The predicted octanol–water partition coefficient (Wildman–Crippen LogP) is 1.34. The molecule has 0 radical (unpaired) electrons. The molecule has 1 unspecified atom stereocenters. The van der Waals surface area contributed by atoms with Crippen LogP contribution in [0.15, 0.2) is 0 Å². The molecule has 90 valence electrons. The molecule has 0 bridgehead atoms. The lowest BCUT2D eigenvalue weighted by Crippen LogP contribution is -2.32. The Balaban J connectivity index is 1.99. The van der Waals surface area contributed by atoms with E-state index in [1.54, 1.807) is 0 Å². The smallest absolute Gasteiger partial charge is 0.225 e. The van der Waals surface area contributed by atoms with Crippen molar-refractivity contribution in [2.45, 2.75) is 12.8 Å². The number of anilines is 1. The van der Waals surface area contributed by atoms with Crippen LogP contribution < -0.4 is 4.90 Å². The molecule has 16 heavy (non-hydrogen) atoms. The molecule has 0 aromatic carbocycles. The quantitative estimate of drug-likeness (QED) is 0.813. The first-order valence-electron chi connectivity index (χ1n) is 5.58. The monoisotopic (exact) mass is 242 g/mol. The van der Waals surface area contributed by atoms with Crippen molar-refractivity contribution in [2.75, 3.05) is 31.7 Å². The van der Waals surface area contributed by atoms with Gasteiger partial charge in [0, 0.05) is 27.2 Å². The summed E-state index contributed by atoms with van der Waals surface area (Å²) in [7, 11) is 3.97. The molecule has 1 atom stereocenters. The van der Waals surface area contributed by atoms with E-state index >= 15 is 0 Å². The Morgan fingerprint density at radius 2 is 2.50 bits per heavy atom. The van der Waals surface area contributed by atoms with Gasteiger partial charge in [-0.05, 0) is 31.0 Å². The highest BCUT2D eigenvalue weighted by Gasteiger charge is 2.18. The number of rotatable bonds is 3. The van der Waals surface area contributed by atoms with Crippen molar-refractivity contribution in [3.05, 3.63) is 4.77 Å². The molecular formula is C10H18N4OS. The largest absolute Gasteiger partial charge is 0.381 e. The first kappa shape index (κ1) is 11.6. The number of hydrogen-bond donors (Lipinski definition) is 1. The van der Waals surface area contributed by atoms with E-state index in [0.29, 0.717) is 10.7 Å². The summed E-state index contributed by atoms with van der Waals surface area (Å²) in [5.41, 5.74) is 0. The van der Waals surface area contributed by atoms with Gasteiger partial charge in [-0.3, -0.25) is 4.57 Å². The van der Waals surface area contributed by atoms with Gasteiger partial charge in [-0.2, -0.15) is 0 Å². The molecule has 0 saturated carbocycles. The second kappa shape index (κ2) is 4.97. The summed E-state index contributed by atoms with van der Waals surface area (Å²) in [6.07, 6.45) is 2.40. The number of nitrogens with zero attached hydrogens (tertiary/aromatic N) is 3. The third-order valence-electron chi connectivity index (χ3n) is 2.98. The zero-order valence-electron chi connectivity index (χ0n) is 9.77. The van der Waals surface area contributed by atoms with Crippen molar-refractivity contribution in [1.82, 2.24) is 14.8 Å². The van der Waals surface area contributed by atoms with Crippen LogP contribution in [0, 0.1) is 10.7 Å². The minimum absolute atomic E-state index is 0.601. The van der Waals surface area contributed by atoms with Crippen LogP contribution in [0.5, 0.6) is 0 Å². The average Bonchev–Trinajstić information content (AvgIpc) is 2.61. The molecule has 1 aromatic rings. The van der Waals surface area contributed by atoms with Crippen molar-refractivity contribution < 1.29 is 4.74 Å². The fourth-order valence-corrected chi connectivity index (χ4v) is 2.23. The van der Waals surface area contributed by atoms with Crippen LogP contribution >= 0.6 is 12.2 Å². The lowest BCUT2D eigenvalue weighted by molar-refractivity contribution is 0.0575. The first-order chi connectivity index (χ1) is 7.68. The molecule has 1 aliphatic rings. The van der Waals surface area contributed by atoms with Gasteiger partial charge in [0.05, 0.1) is 6.61 Å². The van der Waals surface area contributed by atoms with E-state index in [-0.39, 0.29) is 0 Å². The highest BCUT2D eigenvalue weighted by atomic mass is 32.1. The van der Waals surface area contributed by atoms with Gasteiger partial charge in [0.15, 0.2) is 4.77 Å². The third kappa shape index (κ3) is 2.44. The SMILES string of the molecule is CN(CC1CCCOC1)c1n[nH]c(=S)n1C. The van der Waals surface area contributed by atoms with Crippen LogP contribution in [0.3, 0.4) is 0 Å². The van der Waals surface area contributed by atoms with E-state index in [0.717, 1.165) is 32.1 Å². The Morgan fingerprint density at radius 1 is 1.69 bits per heavy atom. The average molecular weight is 242 g/mol. The first-order valence-corrected chi connectivity index (χ1v) is 5.99. The Morgan fingerprint density at radius 3 is 3.06 bits per heavy atom. The molecule has 1 N–H and O–H groups in total. The fourth-order valence-electron chi connectivity index (χ4n) is 2.10. The third-order valence-corrected chi connectivity index (χ3v) is 3.35. The summed E-state index contributed by atoms with van der Waals surface area (Å²) in [5, 5.41) is 7.01. The highest BCUT2D eigenvalue weighted by molar-refractivity contribution is 7.71. The van der Waals surface area contributed by atoms with E-state index < -0.39 is 0 Å². The lowest BCUT2D eigenvalue weighted by Gasteiger charge is -2.27. The molecular weight excluding hydrogens is 224 g/mol. The van der Waals surface area contributed by atoms with Gasteiger partial charge in [-0.15, -0.1) is 5.10 Å². The Labute approximate surface area is 100 Å². The molecule has 5 nitrogen and oxygen atoms in total. The van der Waals surface area contributed by atoms with Crippen LogP contribution in [0.4, 0.5) is 5.95 Å². The van der Waals surface area contributed by atoms with Crippen molar-refractivity contribution in [3.8, 4) is 0 Å². The maximum Gasteiger partial charge on any atom is 0.225 e. The minimum Gasteiger partial charge on any atom is -0.381 e. The molecule has 1 aromatic heterocycles. The van der Waals surface area contributed by atoms with Gasteiger partial charge in [0.1, 0.15) is 0 Å². The van der Waals surface area contributed by atoms with Gasteiger partial charge in [0.25, 0.3) is 0 Å². The maximum atomic E-state index is 5.47. The summed E-state index contributed by atoms with van der Waals surface area (Å²) in [6, 6.07) is 0. The Hall–Kier alpha value is -0.880. The standard InChI is InChI=1S/C10H18N4OS/c1-13(6-8-4-3-5-15-7-8)9-11-12-10(16)14(9)2/h8H,3-7H2,1-2H3,(H,12,16). The number of aromatic amines is 1. The molecule has 2 heterocycles. The van der Waals surface area contributed by atoms with Crippen LogP contribution in [0.1, 0.15) is 12.8 Å². The Kier molecular flexibility index (Phi) is 3.60. The van der Waals surface area contributed by atoms with Crippen molar-refractivity contribution >= 4 is 18.2 Å². The van der Waals surface area contributed by atoms with E-state index in [9.17, 15) is 0 Å². The van der Waals surface area contributed by atoms with Gasteiger partial charge in [0.2, 0.25) is 5.95 Å². The van der Waals surface area contributed by atoms with Crippen LogP contribution in [0.2, 0.25) is 0 Å². The molecule has 2 rings (SSSR count). The number of ether oxygens (including phenoxy) is 1. The molecule has 1 aliphatic heterocycles. The van der Waals surface area contributed by atoms with E-state index in [1.807, 2.05) is 18.7 Å². The van der Waals surface area contributed by atoms with E-state index in [1.165, 1.54) is 6.42 Å². The zero-order chi connectivity index (χ0) is 11.5. The molecule has 1 saturated heterocycles. The number of H-pyrrole nitrogens is 1. The van der Waals surface area contributed by atoms with Crippen LogP contribution in [-0.2, 0) is 11.8 Å². The summed E-state index contributed by atoms with van der Waals surface area (Å²) in [4.78, 5) is 2.13. The minimum atomic E-state index is 0.601. The Bertz CT molecular complexity index is 394. The summed E-state index contributed by atoms with van der Waals surface area (Å²) < 4.78 is 8.01. The fraction of sp³-hybridized carbons (Fsp3) is 0.800. The highest BCUT2D eigenvalue weighted by Crippen LogP contribution is 2.17. The topological polar surface area (TPSA) is 46.1 Å². The summed E-state index contributed by atoms with van der Waals surface area (Å²) >= 11 is 5.09. The zero-order valence-corrected chi connectivity index (χ0v) is 10.6. The van der Waals surface area contributed by atoms with Crippen molar-refractivity contribution in [3.63, 3.8) is 0 Å². The molecule has 0 spiro atoms. The van der Waals surface area contributed by atoms with E-state index in [4.69, 9.17) is 17.0 Å². The van der Waals surface area contributed by atoms with Crippen LogP contribution in [-0.4, -0.2) is 41.6 Å². The maximum absolute atomic E-state index is 5.47. The molecule has 0 amide bonds. The van der Waals surface area contributed by atoms with Gasteiger partial charge in [-0.1, -0.05) is 0 Å². The van der Waals surface area contributed by atoms with Gasteiger partial charge in [-0.25, -0.2) is 5.10 Å².